The molecule has 1 aliphatic heterocycles. The predicted octanol–water partition coefficient (Wildman–Crippen LogP) is 2.40. The second-order valence-corrected chi connectivity index (χ2v) is 7.98. The van der Waals surface area contributed by atoms with Crippen LogP contribution in [0.1, 0.15) is 24.4 Å². The molecular weight excluding hydrogens is 308 g/mol. The molecule has 20 heavy (non-hydrogen) atoms. The van der Waals surface area contributed by atoms with Crippen LogP contribution in [0.25, 0.3) is 0 Å². The SMILES string of the molecule is O=S1(=O)CCCC(NCc2ccc(CSC(F)F)o2)C1. The van der Waals surface area contributed by atoms with Crippen molar-refractivity contribution in [2.75, 3.05) is 11.5 Å². The number of thioether (sulfide) groups is 1. The number of alkyl halides is 2. The number of hydrogen-bond acceptors (Lipinski definition) is 5. The first kappa shape index (κ1) is 15.8. The maximum atomic E-state index is 12.0. The van der Waals surface area contributed by atoms with E-state index in [4.69, 9.17) is 4.42 Å². The number of furan rings is 1. The Labute approximate surface area is 121 Å². The highest BCUT2D eigenvalue weighted by Gasteiger charge is 2.24. The van der Waals surface area contributed by atoms with Crippen LogP contribution in [0.15, 0.2) is 16.5 Å². The van der Waals surface area contributed by atoms with Gasteiger partial charge in [-0.15, -0.1) is 0 Å². The summed E-state index contributed by atoms with van der Waals surface area (Å²) in [6, 6.07) is 3.34. The molecule has 1 aromatic heterocycles. The van der Waals surface area contributed by atoms with Crippen LogP contribution in [0.5, 0.6) is 0 Å². The lowest BCUT2D eigenvalue weighted by Gasteiger charge is -2.22. The largest absolute Gasteiger partial charge is 0.464 e. The van der Waals surface area contributed by atoms with Crippen LogP contribution in [0.3, 0.4) is 0 Å². The van der Waals surface area contributed by atoms with E-state index in [1.807, 2.05) is 0 Å². The van der Waals surface area contributed by atoms with Crippen LogP contribution in [-0.2, 0) is 22.1 Å². The van der Waals surface area contributed by atoms with Crippen molar-refractivity contribution >= 4 is 21.6 Å². The summed E-state index contributed by atoms with van der Waals surface area (Å²) in [5.41, 5.74) is 0. The number of rotatable bonds is 6. The number of hydrogen-bond donors (Lipinski definition) is 1. The van der Waals surface area contributed by atoms with Gasteiger partial charge in [0.15, 0.2) is 9.84 Å². The average Bonchev–Trinajstić information content (AvgIpc) is 2.81. The van der Waals surface area contributed by atoms with E-state index in [-0.39, 0.29) is 23.3 Å². The average molecular weight is 325 g/mol. The first-order valence-corrected chi connectivity index (χ1v) is 9.23. The van der Waals surface area contributed by atoms with E-state index in [9.17, 15) is 17.2 Å². The molecule has 2 heterocycles. The lowest BCUT2D eigenvalue weighted by Crippen LogP contribution is -2.39. The highest BCUT2D eigenvalue weighted by Crippen LogP contribution is 2.21. The summed E-state index contributed by atoms with van der Waals surface area (Å²) in [5.74, 6) is -0.714. The van der Waals surface area contributed by atoms with Gasteiger partial charge in [-0.05, 0) is 25.0 Å². The molecule has 1 fully saturated rings. The third-order valence-electron chi connectivity index (χ3n) is 3.10. The summed E-state index contributed by atoms with van der Waals surface area (Å²) in [7, 11) is -2.93. The van der Waals surface area contributed by atoms with Gasteiger partial charge in [0.25, 0.3) is 5.76 Å². The summed E-state index contributed by atoms with van der Waals surface area (Å²) in [4.78, 5) is 0. The van der Waals surface area contributed by atoms with Crippen LogP contribution < -0.4 is 5.32 Å². The van der Waals surface area contributed by atoms with Crippen LogP contribution in [0.4, 0.5) is 8.78 Å². The molecule has 4 nitrogen and oxygen atoms in total. The maximum absolute atomic E-state index is 12.0. The van der Waals surface area contributed by atoms with Crippen LogP contribution in [-0.4, -0.2) is 31.7 Å². The predicted molar refractivity (Wildman–Crippen MR) is 74.5 cm³/mol. The molecule has 1 aliphatic rings. The van der Waals surface area contributed by atoms with Gasteiger partial charge < -0.3 is 9.73 Å². The second kappa shape index (κ2) is 6.91. The molecule has 0 radical (unpaired) electrons. The Hall–Kier alpha value is -0.600. The zero-order chi connectivity index (χ0) is 14.6. The fourth-order valence-electron chi connectivity index (χ4n) is 2.17. The van der Waals surface area contributed by atoms with Crippen LogP contribution >= 0.6 is 11.8 Å². The normalized spacial score (nSPS) is 22.2. The smallest absolute Gasteiger partial charge is 0.284 e. The maximum Gasteiger partial charge on any atom is 0.284 e. The molecule has 1 unspecified atom stereocenters. The first-order valence-electron chi connectivity index (χ1n) is 6.36. The molecule has 1 aromatic rings. The Kier molecular flexibility index (Phi) is 5.45. The molecule has 1 N–H and O–H groups in total. The topological polar surface area (TPSA) is 59.3 Å². The number of sulfone groups is 1. The third kappa shape index (κ3) is 5.06. The molecule has 0 spiro atoms. The zero-order valence-corrected chi connectivity index (χ0v) is 12.5. The molecule has 8 heteroatoms. The highest BCUT2D eigenvalue weighted by molar-refractivity contribution is 7.98. The van der Waals surface area contributed by atoms with Crippen molar-refractivity contribution in [3.05, 3.63) is 23.7 Å². The van der Waals surface area contributed by atoms with Gasteiger partial charge in [0.2, 0.25) is 0 Å². The summed E-state index contributed by atoms with van der Waals surface area (Å²) in [5, 5.41) is 3.14. The lowest BCUT2D eigenvalue weighted by atomic mass is 10.2. The van der Waals surface area contributed by atoms with E-state index < -0.39 is 15.6 Å². The minimum absolute atomic E-state index is 0.0576. The monoisotopic (exact) mass is 325 g/mol. The molecule has 0 aromatic carbocycles. The van der Waals surface area contributed by atoms with Gasteiger partial charge in [-0.3, -0.25) is 0 Å². The molecule has 1 atom stereocenters. The minimum Gasteiger partial charge on any atom is -0.464 e. The zero-order valence-electron chi connectivity index (χ0n) is 10.8. The van der Waals surface area contributed by atoms with Crippen molar-refractivity contribution in [3.8, 4) is 0 Å². The molecule has 1 saturated heterocycles. The van der Waals surface area contributed by atoms with Crippen molar-refractivity contribution in [1.29, 1.82) is 0 Å². The van der Waals surface area contributed by atoms with Gasteiger partial charge in [-0.25, -0.2) is 8.42 Å². The summed E-state index contributed by atoms with van der Waals surface area (Å²) >= 11 is 0.517. The van der Waals surface area contributed by atoms with Crippen LogP contribution in [0, 0.1) is 0 Å². The van der Waals surface area contributed by atoms with E-state index in [2.05, 4.69) is 5.32 Å². The van der Waals surface area contributed by atoms with Crippen LogP contribution in [0.2, 0.25) is 0 Å². The Morgan fingerprint density at radius 3 is 2.85 bits per heavy atom. The second-order valence-electron chi connectivity index (χ2n) is 4.77. The molecule has 0 amide bonds. The summed E-state index contributed by atoms with van der Waals surface area (Å²) < 4.78 is 52.5. The highest BCUT2D eigenvalue weighted by atomic mass is 32.2. The fraction of sp³-hybridized carbons (Fsp3) is 0.667. The first-order chi connectivity index (χ1) is 9.44. The van der Waals surface area contributed by atoms with E-state index >= 15 is 0 Å². The molecule has 2 rings (SSSR count). The van der Waals surface area contributed by atoms with Gasteiger partial charge in [-0.2, -0.15) is 8.78 Å². The Balaban J connectivity index is 1.79. The summed E-state index contributed by atoms with van der Waals surface area (Å²) in [6.45, 7) is 0.416. The fourth-order valence-corrected chi connectivity index (χ4v) is 4.28. The number of halogens is 2. The summed E-state index contributed by atoms with van der Waals surface area (Å²) in [6.07, 6.45) is 1.50. The van der Waals surface area contributed by atoms with E-state index in [0.29, 0.717) is 36.2 Å². The van der Waals surface area contributed by atoms with Gasteiger partial charge in [0.05, 0.1) is 23.8 Å². The molecule has 114 valence electrons. The van der Waals surface area contributed by atoms with Crippen molar-refractivity contribution in [3.63, 3.8) is 0 Å². The van der Waals surface area contributed by atoms with E-state index in [1.165, 1.54) is 0 Å². The van der Waals surface area contributed by atoms with Gasteiger partial charge >= 0.3 is 0 Å². The lowest BCUT2D eigenvalue weighted by molar-refractivity contribution is 0.251. The Morgan fingerprint density at radius 1 is 1.40 bits per heavy atom. The quantitative estimate of drug-likeness (QED) is 0.870. The molecule has 0 bridgehead atoms. The molecule has 0 aliphatic carbocycles. The van der Waals surface area contributed by atoms with Gasteiger partial charge in [-0.1, -0.05) is 11.8 Å². The molecular formula is C12H17F2NO3S2. The van der Waals surface area contributed by atoms with Crippen molar-refractivity contribution in [1.82, 2.24) is 5.32 Å². The number of nitrogens with one attached hydrogen (secondary N) is 1. The van der Waals surface area contributed by atoms with Gasteiger partial charge in [0, 0.05) is 6.04 Å². The van der Waals surface area contributed by atoms with Crippen molar-refractivity contribution < 1.29 is 21.6 Å². The van der Waals surface area contributed by atoms with E-state index in [1.54, 1.807) is 12.1 Å². The Bertz CT molecular complexity index is 531. The van der Waals surface area contributed by atoms with E-state index in [0.717, 1.165) is 6.42 Å². The van der Waals surface area contributed by atoms with Crippen molar-refractivity contribution in [2.45, 2.75) is 36.9 Å². The minimum atomic E-state index is -2.93. The Morgan fingerprint density at radius 2 is 2.15 bits per heavy atom. The standard InChI is InChI=1S/C12H17F2NO3S2/c13-12(14)19-7-11-4-3-10(18-11)6-15-9-2-1-5-20(16,17)8-9/h3-4,9,12,15H,1-2,5-8H2. The third-order valence-corrected chi connectivity index (χ3v) is 5.62. The van der Waals surface area contributed by atoms with Gasteiger partial charge in [0.1, 0.15) is 11.5 Å². The molecule has 0 saturated carbocycles. The van der Waals surface area contributed by atoms with Crippen molar-refractivity contribution in [2.24, 2.45) is 0 Å².